The molecule has 0 radical (unpaired) electrons. The summed E-state index contributed by atoms with van der Waals surface area (Å²) in [7, 11) is 0. The minimum atomic E-state index is -0.799. The fourth-order valence-electron chi connectivity index (χ4n) is 6.59. The maximum absolute atomic E-state index is 14.0. The number of rotatable bonds is 2. The van der Waals surface area contributed by atoms with Gasteiger partial charge in [-0.25, -0.2) is 0 Å². The lowest BCUT2D eigenvalue weighted by atomic mass is 9.61. The number of hydrogen-bond acceptors (Lipinski definition) is 3. The summed E-state index contributed by atoms with van der Waals surface area (Å²) in [6, 6.07) is 19.0. The van der Waals surface area contributed by atoms with Crippen LogP contribution in [0.2, 0.25) is 0 Å². The highest BCUT2D eigenvalue weighted by Crippen LogP contribution is 2.66. The van der Waals surface area contributed by atoms with Gasteiger partial charge in [0.1, 0.15) is 5.60 Å². The highest BCUT2D eigenvalue weighted by Gasteiger charge is 2.77. The summed E-state index contributed by atoms with van der Waals surface area (Å²) in [4.78, 5) is 14.0. The van der Waals surface area contributed by atoms with Crippen LogP contribution in [0.4, 0.5) is 0 Å². The molecule has 2 saturated heterocycles. The zero-order chi connectivity index (χ0) is 22.7. The predicted octanol–water partition coefficient (Wildman–Crippen LogP) is 6.66. The van der Waals surface area contributed by atoms with Crippen LogP contribution in [0.5, 0.6) is 0 Å². The van der Waals surface area contributed by atoms with Crippen molar-refractivity contribution in [3.63, 3.8) is 0 Å². The Balaban J connectivity index is 1.53. The van der Waals surface area contributed by atoms with Crippen molar-refractivity contribution in [2.24, 2.45) is 5.41 Å². The predicted molar refractivity (Wildman–Crippen MR) is 130 cm³/mol. The molecule has 0 amide bonds. The Morgan fingerprint density at radius 3 is 2.18 bits per heavy atom. The number of aryl methyl sites for hydroxylation is 1. The second-order valence-electron chi connectivity index (χ2n) is 10.5. The molecule has 4 aliphatic rings. The number of fused-ring (bicyclic) bond motifs is 2. The number of carbonyl (C=O) groups is 1. The quantitative estimate of drug-likeness (QED) is 0.524. The Hall–Kier alpha value is -2.49. The number of ketones is 1. The van der Waals surface area contributed by atoms with Crippen LogP contribution in [0.15, 0.2) is 65.7 Å². The molecule has 33 heavy (non-hydrogen) atoms. The number of hydrogen-bond donors (Lipinski definition) is 0. The van der Waals surface area contributed by atoms with Crippen molar-refractivity contribution in [3.05, 3.63) is 82.4 Å². The molecule has 4 fully saturated rings. The van der Waals surface area contributed by atoms with E-state index in [0.29, 0.717) is 0 Å². The molecule has 2 saturated carbocycles. The van der Waals surface area contributed by atoms with Crippen molar-refractivity contribution < 1.29 is 14.3 Å². The van der Waals surface area contributed by atoms with Gasteiger partial charge in [-0.2, -0.15) is 0 Å². The maximum atomic E-state index is 14.0. The van der Waals surface area contributed by atoms with E-state index in [0.717, 1.165) is 56.1 Å². The van der Waals surface area contributed by atoms with Crippen LogP contribution in [0, 0.1) is 12.3 Å². The third-order valence-corrected chi connectivity index (χ3v) is 8.46. The van der Waals surface area contributed by atoms with Gasteiger partial charge in [0.05, 0.1) is 5.41 Å². The van der Waals surface area contributed by atoms with E-state index in [1.165, 1.54) is 16.7 Å². The minimum absolute atomic E-state index is 0.240. The average Bonchev–Trinajstić information content (AvgIpc) is 3.28. The van der Waals surface area contributed by atoms with Crippen LogP contribution in [0.25, 0.3) is 12.2 Å². The molecule has 2 aliphatic carbocycles. The first kappa shape index (κ1) is 21.1. The highest BCUT2D eigenvalue weighted by molar-refractivity contribution is 5.96. The zero-order valence-corrected chi connectivity index (χ0v) is 19.6. The molecule has 3 nitrogen and oxygen atoms in total. The molecule has 0 unspecified atom stereocenters. The van der Waals surface area contributed by atoms with Gasteiger partial charge >= 0.3 is 0 Å². The van der Waals surface area contributed by atoms with Gasteiger partial charge in [0.25, 0.3) is 0 Å². The second-order valence-corrected chi connectivity index (χ2v) is 10.5. The van der Waals surface area contributed by atoms with Crippen LogP contribution in [0.3, 0.4) is 0 Å². The van der Waals surface area contributed by atoms with Crippen molar-refractivity contribution >= 4 is 17.9 Å². The maximum Gasteiger partial charge on any atom is 0.183 e. The Kier molecular flexibility index (Phi) is 4.80. The summed E-state index contributed by atoms with van der Waals surface area (Å²) in [5.74, 6) is -0.559. The van der Waals surface area contributed by atoms with E-state index in [4.69, 9.17) is 9.47 Å². The Morgan fingerprint density at radius 1 is 0.848 bits per heavy atom. The molecule has 0 N–H and O–H groups in total. The van der Waals surface area contributed by atoms with Gasteiger partial charge in [0, 0.05) is 6.42 Å². The van der Waals surface area contributed by atoms with E-state index in [-0.39, 0.29) is 5.78 Å². The Bertz CT molecular complexity index is 1140. The Morgan fingerprint density at radius 2 is 1.48 bits per heavy atom. The third kappa shape index (κ3) is 2.98. The van der Waals surface area contributed by atoms with Gasteiger partial charge in [-0.15, -0.1) is 0 Å². The molecular formula is C30H32O3. The molecule has 2 spiro atoms. The number of ether oxygens (including phenoxy) is 2. The summed E-state index contributed by atoms with van der Waals surface area (Å²) in [6.45, 7) is 4.18. The van der Waals surface area contributed by atoms with Gasteiger partial charge in [-0.3, -0.25) is 4.79 Å². The van der Waals surface area contributed by atoms with Crippen LogP contribution in [-0.4, -0.2) is 23.3 Å². The lowest BCUT2D eigenvalue weighted by Gasteiger charge is -2.51. The van der Waals surface area contributed by atoms with Gasteiger partial charge in [0.2, 0.25) is 0 Å². The van der Waals surface area contributed by atoms with E-state index < -0.39 is 22.9 Å². The van der Waals surface area contributed by atoms with Gasteiger partial charge < -0.3 is 9.47 Å². The molecule has 2 heterocycles. The van der Waals surface area contributed by atoms with E-state index >= 15 is 0 Å². The van der Waals surface area contributed by atoms with Gasteiger partial charge in [0.15, 0.2) is 17.7 Å². The van der Waals surface area contributed by atoms with Gasteiger partial charge in [-0.05, 0) is 68.2 Å². The lowest BCUT2D eigenvalue weighted by molar-refractivity contribution is -0.242. The van der Waals surface area contributed by atoms with Crippen LogP contribution in [-0.2, 0) is 14.3 Å². The van der Waals surface area contributed by atoms with Crippen LogP contribution in [0.1, 0.15) is 68.6 Å². The topological polar surface area (TPSA) is 35.5 Å². The standard InChI is InChI=1S/C30H32O3/c1-21-13-15-23(16-14-21)20-25-12-8-11-24(19-22-9-4-3-5-10-22)30(25)27-26(31)28(2)17-6-7-18-29(28,32-27)33-30/h3-5,9-10,13-16,19-20,27H,6-8,11-12,17-18H2,1-2H3/b24-19+,25-20+/t27-,28+,29-,30-/m0/s1. The molecule has 2 aromatic carbocycles. The molecule has 170 valence electrons. The molecule has 4 atom stereocenters. The lowest BCUT2D eigenvalue weighted by Crippen LogP contribution is -2.61. The van der Waals surface area contributed by atoms with Crippen molar-refractivity contribution in [2.75, 3.05) is 0 Å². The molecule has 3 heteroatoms. The van der Waals surface area contributed by atoms with Crippen molar-refractivity contribution in [1.29, 1.82) is 0 Å². The minimum Gasteiger partial charge on any atom is -0.334 e. The summed E-state index contributed by atoms with van der Waals surface area (Å²) >= 11 is 0. The van der Waals surface area contributed by atoms with E-state index in [1.54, 1.807) is 0 Å². The molecule has 2 bridgehead atoms. The first-order valence-corrected chi connectivity index (χ1v) is 12.4. The fourth-order valence-corrected chi connectivity index (χ4v) is 6.59. The van der Waals surface area contributed by atoms with Crippen molar-refractivity contribution in [3.8, 4) is 0 Å². The molecule has 2 aromatic rings. The molecular weight excluding hydrogens is 408 g/mol. The summed E-state index contributed by atoms with van der Waals surface area (Å²) in [6.07, 6.45) is 10.6. The normalized spacial score (nSPS) is 37.8. The fraction of sp³-hybridized carbons (Fsp3) is 0.433. The smallest absolute Gasteiger partial charge is 0.183 e. The molecule has 0 aromatic heterocycles. The van der Waals surface area contributed by atoms with E-state index in [1.807, 2.05) is 6.07 Å². The summed E-state index contributed by atoms with van der Waals surface area (Å²) in [5, 5.41) is 0. The van der Waals surface area contributed by atoms with Crippen molar-refractivity contribution in [2.45, 2.75) is 76.3 Å². The Labute approximate surface area is 196 Å². The monoisotopic (exact) mass is 440 g/mol. The number of Topliss-reactive ketones (excluding diaryl/α,β-unsaturated/α-hetero) is 1. The number of carbonyl (C=O) groups excluding carboxylic acids is 1. The molecule has 2 aliphatic heterocycles. The first-order valence-electron chi connectivity index (χ1n) is 12.4. The van der Waals surface area contributed by atoms with Crippen molar-refractivity contribution in [1.82, 2.24) is 0 Å². The van der Waals surface area contributed by atoms with E-state index in [2.05, 4.69) is 74.5 Å². The highest BCUT2D eigenvalue weighted by atomic mass is 16.8. The van der Waals surface area contributed by atoms with E-state index in [9.17, 15) is 4.79 Å². The summed E-state index contributed by atoms with van der Waals surface area (Å²) < 4.78 is 13.8. The third-order valence-electron chi connectivity index (χ3n) is 8.46. The second kappa shape index (κ2) is 7.51. The SMILES string of the molecule is Cc1ccc(/C=C2\CCC/C(=C\c3ccccc3)[C@]23O[C@@]24CCCC[C@]2(C)C(=O)[C@@H]3O4)cc1. The summed E-state index contributed by atoms with van der Waals surface area (Å²) in [5.41, 5.74) is 4.57. The largest absolute Gasteiger partial charge is 0.334 e. The first-order chi connectivity index (χ1) is 16.0. The number of benzene rings is 2. The average molecular weight is 441 g/mol. The molecule has 6 rings (SSSR count). The van der Waals surface area contributed by atoms with Crippen LogP contribution >= 0.6 is 0 Å². The van der Waals surface area contributed by atoms with Crippen LogP contribution < -0.4 is 0 Å². The zero-order valence-electron chi connectivity index (χ0n) is 19.6. The van der Waals surface area contributed by atoms with Gasteiger partial charge in [-0.1, -0.05) is 78.7 Å².